The van der Waals surface area contributed by atoms with E-state index >= 15 is 0 Å². The van der Waals surface area contributed by atoms with E-state index in [2.05, 4.69) is 10.1 Å². The lowest BCUT2D eigenvalue weighted by Gasteiger charge is -2.19. The van der Waals surface area contributed by atoms with E-state index in [1.54, 1.807) is 17.0 Å². The number of amides is 1. The van der Waals surface area contributed by atoms with Gasteiger partial charge in [-0.3, -0.25) is 4.79 Å². The molecular formula is C20H18FN3O3. The van der Waals surface area contributed by atoms with Gasteiger partial charge in [0.25, 0.3) is 5.89 Å². The lowest BCUT2D eigenvalue weighted by molar-refractivity contribution is -0.117. The molecule has 1 unspecified atom stereocenters. The van der Waals surface area contributed by atoms with E-state index in [1.165, 1.54) is 12.1 Å². The summed E-state index contributed by atoms with van der Waals surface area (Å²) in [6.07, 6.45) is 0.294. The summed E-state index contributed by atoms with van der Waals surface area (Å²) in [5, 5.41) is 4.03. The first-order valence-corrected chi connectivity index (χ1v) is 8.77. The number of benzene rings is 2. The van der Waals surface area contributed by atoms with Gasteiger partial charge in [-0.1, -0.05) is 17.3 Å². The van der Waals surface area contributed by atoms with Crippen LogP contribution in [0.15, 0.2) is 53.1 Å². The van der Waals surface area contributed by atoms with Gasteiger partial charge < -0.3 is 14.2 Å². The Kier molecular flexibility index (Phi) is 4.58. The largest absolute Gasteiger partial charge is 0.492 e. The minimum Gasteiger partial charge on any atom is -0.492 e. The molecule has 0 aliphatic carbocycles. The molecule has 138 valence electrons. The molecule has 0 spiro atoms. The number of anilines is 1. The molecular weight excluding hydrogens is 349 g/mol. The van der Waals surface area contributed by atoms with Crippen molar-refractivity contribution in [2.45, 2.75) is 19.3 Å². The van der Waals surface area contributed by atoms with Crippen molar-refractivity contribution in [1.82, 2.24) is 10.1 Å². The van der Waals surface area contributed by atoms with Crippen LogP contribution in [-0.2, 0) is 4.79 Å². The Hall–Kier alpha value is -3.22. The zero-order valence-corrected chi connectivity index (χ0v) is 14.8. The van der Waals surface area contributed by atoms with Gasteiger partial charge in [0.2, 0.25) is 5.91 Å². The molecule has 1 fully saturated rings. The molecule has 1 saturated heterocycles. The molecule has 1 amide bonds. The summed E-state index contributed by atoms with van der Waals surface area (Å²) >= 11 is 0. The lowest BCUT2D eigenvalue weighted by atomic mass is 10.1. The van der Waals surface area contributed by atoms with Crippen molar-refractivity contribution >= 4 is 11.6 Å². The van der Waals surface area contributed by atoms with E-state index in [1.807, 2.05) is 31.2 Å². The molecule has 3 aromatic rings. The number of para-hydroxylation sites is 2. The zero-order valence-electron chi connectivity index (χ0n) is 14.8. The Morgan fingerprint density at radius 2 is 2.00 bits per heavy atom. The van der Waals surface area contributed by atoms with Crippen molar-refractivity contribution < 1.29 is 18.4 Å². The molecule has 0 radical (unpaired) electrons. The van der Waals surface area contributed by atoms with E-state index in [0.29, 0.717) is 42.6 Å². The molecule has 7 heteroatoms. The van der Waals surface area contributed by atoms with Gasteiger partial charge in [0.15, 0.2) is 5.82 Å². The quantitative estimate of drug-likeness (QED) is 0.686. The molecule has 1 atom stereocenters. The summed E-state index contributed by atoms with van der Waals surface area (Å²) in [4.78, 5) is 18.7. The van der Waals surface area contributed by atoms with Gasteiger partial charge in [-0.15, -0.1) is 0 Å². The van der Waals surface area contributed by atoms with Crippen LogP contribution < -0.4 is 9.64 Å². The third-order valence-corrected chi connectivity index (χ3v) is 4.48. The van der Waals surface area contributed by atoms with Crippen molar-refractivity contribution in [3.63, 3.8) is 0 Å². The normalized spacial score (nSPS) is 16.7. The maximum absolute atomic E-state index is 13.1. The van der Waals surface area contributed by atoms with Gasteiger partial charge in [-0.25, -0.2) is 4.39 Å². The molecule has 6 nitrogen and oxygen atoms in total. The van der Waals surface area contributed by atoms with Crippen LogP contribution in [0.25, 0.3) is 11.5 Å². The third kappa shape index (κ3) is 3.40. The van der Waals surface area contributed by atoms with Crippen LogP contribution in [0.3, 0.4) is 0 Å². The fraction of sp³-hybridized carbons (Fsp3) is 0.250. The minimum atomic E-state index is -0.330. The van der Waals surface area contributed by atoms with Crippen molar-refractivity contribution in [3.05, 3.63) is 60.2 Å². The topological polar surface area (TPSA) is 68.5 Å². The van der Waals surface area contributed by atoms with Crippen molar-refractivity contribution in [1.29, 1.82) is 0 Å². The van der Waals surface area contributed by atoms with E-state index in [4.69, 9.17) is 9.26 Å². The first-order chi connectivity index (χ1) is 13.2. The average Bonchev–Trinajstić information content (AvgIpc) is 3.30. The van der Waals surface area contributed by atoms with Crippen LogP contribution in [0.1, 0.15) is 25.1 Å². The number of hydrogen-bond acceptors (Lipinski definition) is 5. The number of ether oxygens (including phenoxy) is 1. The van der Waals surface area contributed by atoms with Crippen LogP contribution in [0, 0.1) is 5.82 Å². The second-order valence-electron chi connectivity index (χ2n) is 6.27. The standard InChI is InChI=1S/C20H18FN3O3/c1-2-26-17-6-4-3-5-16(17)24-12-14(11-18(24)25)19-22-20(27-23-19)13-7-9-15(21)10-8-13/h3-10,14H,2,11-12H2,1H3. The Morgan fingerprint density at radius 1 is 1.22 bits per heavy atom. The van der Waals surface area contributed by atoms with E-state index < -0.39 is 0 Å². The van der Waals surface area contributed by atoms with Gasteiger partial charge in [0.05, 0.1) is 12.3 Å². The SMILES string of the molecule is CCOc1ccccc1N1CC(c2noc(-c3ccc(F)cc3)n2)CC1=O. The molecule has 2 heterocycles. The molecule has 4 rings (SSSR count). The first kappa shape index (κ1) is 17.2. The number of aromatic nitrogens is 2. The molecule has 0 saturated carbocycles. The predicted octanol–water partition coefficient (Wildman–Crippen LogP) is 3.79. The number of rotatable bonds is 5. The Bertz CT molecular complexity index is 955. The molecule has 1 aliphatic heterocycles. The smallest absolute Gasteiger partial charge is 0.257 e. The average molecular weight is 367 g/mol. The summed E-state index contributed by atoms with van der Waals surface area (Å²) in [6, 6.07) is 13.3. The van der Waals surface area contributed by atoms with Crippen LogP contribution >= 0.6 is 0 Å². The van der Waals surface area contributed by atoms with Crippen molar-refractivity contribution in [2.24, 2.45) is 0 Å². The van der Waals surface area contributed by atoms with E-state index in [0.717, 1.165) is 5.69 Å². The first-order valence-electron chi connectivity index (χ1n) is 8.77. The number of hydrogen-bond donors (Lipinski definition) is 0. The van der Waals surface area contributed by atoms with E-state index in [-0.39, 0.29) is 17.6 Å². The van der Waals surface area contributed by atoms with Gasteiger partial charge in [-0.2, -0.15) is 4.98 Å². The molecule has 1 aliphatic rings. The highest BCUT2D eigenvalue weighted by atomic mass is 19.1. The number of carbonyl (C=O) groups excluding carboxylic acids is 1. The van der Waals surface area contributed by atoms with Gasteiger partial charge in [-0.05, 0) is 43.3 Å². The molecule has 0 bridgehead atoms. The van der Waals surface area contributed by atoms with Crippen LogP contribution in [0.4, 0.5) is 10.1 Å². The lowest BCUT2D eigenvalue weighted by Crippen LogP contribution is -2.25. The Balaban J connectivity index is 1.56. The zero-order chi connectivity index (χ0) is 18.8. The maximum Gasteiger partial charge on any atom is 0.257 e. The molecule has 27 heavy (non-hydrogen) atoms. The summed E-state index contributed by atoms with van der Waals surface area (Å²) in [5.74, 6) is 0.938. The summed E-state index contributed by atoms with van der Waals surface area (Å²) in [6.45, 7) is 2.88. The Labute approximate surface area is 155 Å². The molecule has 2 aromatic carbocycles. The van der Waals surface area contributed by atoms with Crippen LogP contribution in [0.2, 0.25) is 0 Å². The van der Waals surface area contributed by atoms with Crippen LogP contribution in [-0.4, -0.2) is 29.2 Å². The van der Waals surface area contributed by atoms with Crippen molar-refractivity contribution in [2.75, 3.05) is 18.1 Å². The third-order valence-electron chi connectivity index (χ3n) is 4.48. The number of nitrogens with zero attached hydrogens (tertiary/aromatic N) is 3. The molecule has 0 N–H and O–H groups in total. The number of halogens is 1. The fourth-order valence-corrected chi connectivity index (χ4v) is 3.18. The molecule has 1 aromatic heterocycles. The van der Waals surface area contributed by atoms with Crippen molar-refractivity contribution in [3.8, 4) is 17.2 Å². The number of carbonyl (C=O) groups is 1. The maximum atomic E-state index is 13.1. The highest BCUT2D eigenvalue weighted by molar-refractivity contribution is 5.97. The van der Waals surface area contributed by atoms with Gasteiger partial charge >= 0.3 is 0 Å². The van der Waals surface area contributed by atoms with Gasteiger partial charge in [0, 0.05) is 24.4 Å². The highest BCUT2D eigenvalue weighted by Crippen LogP contribution is 2.36. The fourth-order valence-electron chi connectivity index (χ4n) is 3.18. The second kappa shape index (κ2) is 7.19. The summed E-state index contributed by atoms with van der Waals surface area (Å²) in [7, 11) is 0. The monoisotopic (exact) mass is 367 g/mol. The summed E-state index contributed by atoms with van der Waals surface area (Å²) in [5.41, 5.74) is 1.38. The Morgan fingerprint density at radius 3 is 2.78 bits per heavy atom. The van der Waals surface area contributed by atoms with E-state index in [9.17, 15) is 9.18 Å². The minimum absolute atomic E-state index is 0.0136. The summed E-state index contributed by atoms with van der Waals surface area (Å²) < 4.78 is 24.0. The predicted molar refractivity (Wildman–Crippen MR) is 97.0 cm³/mol. The second-order valence-corrected chi connectivity index (χ2v) is 6.27. The highest BCUT2D eigenvalue weighted by Gasteiger charge is 2.35. The van der Waals surface area contributed by atoms with Gasteiger partial charge in [0.1, 0.15) is 11.6 Å². The van der Waals surface area contributed by atoms with Crippen LogP contribution in [0.5, 0.6) is 5.75 Å².